The molecule has 0 bridgehead atoms. The van der Waals surface area contributed by atoms with Gasteiger partial charge in [-0.05, 0) is 33.6 Å². The summed E-state index contributed by atoms with van der Waals surface area (Å²) < 4.78 is 7.31. The van der Waals surface area contributed by atoms with E-state index >= 15 is 0 Å². The second-order valence-electron chi connectivity index (χ2n) is 5.40. The largest absolute Gasteiger partial charge is 0.488 e. The van der Waals surface area contributed by atoms with Crippen LogP contribution >= 0.6 is 0 Å². The SMILES string of the molecule is CC(C)Oc1cnn(CC(C)(C#N)NC2CC2)c1. The Kier molecular flexibility index (Phi) is 3.58. The summed E-state index contributed by atoms with van der Waals surface area (Å²) in [5.74, 6) is 0.747. The van der Waals surface area contributed by atoms with Gasteiger partial charge in [0.1, 0.15) is 5.54 Å². The third kappa shape index (κ3) is 3.47. The minimum Gasteiger partial charge on any atom is -0.488 e. The van der Waals surface area contributed by atoms with Crippen LogP contribution in [0, 0.1) is 11.3 Å². The van der Waals surface area contributed by atoms with Crippen LogP contribution in [0.5, 0.6) is 5.75 Å². The summed E-state index contributed by atoms with van der Waals surface area (Å²) in [5.41, 5.74) is -0.567. The van der Waals surface area contributed by atoms with E-state index in [0.717, 1.165) is 18.6 Å². The molecule has 0 amide bonds. The Hall–Kier alpha value is -1.54. The molecule has 5 heteroatoms. The van der Waals surface area contributed by atoms with Gasteiger partial charge in [0.05, 0.1) is 31.1 Å². The van der Waals surface area contributed by atoms with Crippen molar-refractivity contribution < 1.29 is 4.74 Å². The van der Waals surface area contributed by atoms with Crippen LogP contribution in [0.3, 0.4) is 0 Å². The molecule has 0 aliphatic heterocycles. The van der Waals surface area contributed by atoms with Crippen molar-refractivity contribution in [3.8, 4) is 11.8 Å². The molecular weight excluding hydrogens is 228 g/mol. The molecule has 0 aromatic carbocycles. The van der Waals surface area contributed by atoms with Crippen LogP contribution in [0.15, 0.2) is 12.4 Å². The fraction of sp³-hybridized carbons (Fsp3) is 0.692. The predicted octanol–water partition coefficient (Wildman–Crippen LogP) is 1.70. The van der Waals surface area contributed by atoms with Gasteiger partial charge in [0.15, 0.2) is 5.75 Å². The Morgan fingerprint density at radius 2 is 2.39 bits per heavy atom. The molecule has 1 atom stereocenters. The van der Waals surface area contributed by atoms with E-state index in [1.54, 1.807) is 10.9 Å². The van der Waals surface area contributed by atoms with Crippen molar-refractivity contribution >= 4 is 0 Å². The molecular formula is C13H20N4O. The summed E-state index contributed by atoms with van der Waals surface area (Å²) in [6.07, 6.45) is 5.99. The van der Waals surface area contributed by atoms with Crippen LogP contribution < -0.4 is 10.1 Å². The van der Waals surface area contributed by atoms with Crippen molar-refractivity contribution in [2.45, 2.75) is 57.8 Å². The van der Waals surface area contributed by atoms with Gasteiger partial charge in [-0.2, -0.15) is 10.4 Å². The molecule has 98 valence electrons. The maximum Gasteiger partial charge on any atom is 0.157 e. The molecule has 0 spiro atoms. The highest BCUT2D eigenvalue weighted by atomic mass is 16.5. The van der Waals surface area contributed by atoms with Gasteiger partial charge in [-0.1, -0.05) is 0 Å². The minimum atomic E-state index is -0.567. The Labute approximate surface area is 108 Å². The van der Waals surface area contributed by atoms with E-state index in [4.69, 9.17) is 4.74 Å². The Morgan fingerprint density at radius 3 is 2.94 bits per heavy atom. The smallest absolute Gasteiger partial charge is 0.157 e. The van der Waals surface area contributed by atoms with E-state index in [-0.39, 0.29) is 6.10 Å². The van der Waals surface area contributed by atoms with E-state index in [1.165, 1.54) is 0 Å². The first kappa shape index (κ1) is 12.9. The second-order valence-corrected chi connectivity index (χ2v) is 5.40. The Balaban J connectivity index is 1.98. The van der Waals surface area contributed by atoms with Crippen molar-refractivity contribution in [1.29, 1.82) is 5.26 Å². The zero-order valence-corrected chi connectivity index (χ0v) is 11.2. The van der Waals surface area contributed by atoms with Gasteiger partial charge >= 0.3 is 0 Å². The average Bonchev–Trinajstić information content (AvgIpc) is 2.99. The lowest BCUT2D eigenvalue weighted by Gasteiger charge is -2.22. The summed E-state index contributed by atoms with van der Waals surface area (Å²) >= 11 is 0. The van der Waals surface area contributed by atoms with Crippen LogP contribution in [-0.2, 0) is 6.54 Å². The van der Waals surface area contributed by atoms with Crippen molar-refractivity contribution in [2.24, 2.45) is 0 Å². The standard InChI is InChI=1S/C13H20N4O/c1-10(2)18-12-6-15-17(7-12)9-13(3,8-14)16-11-4-5-11/h6-7,10-11,16H,4-5,9H2,1-3H3. The zero-order valence-electron chi connectivity index (χ0n) is 11.2. The third-order valence-electron chi connectivity index (χ3n) is 2.81. The van der Waals surface area contributed by atoms with Gasteiger partial charge in [0.2, 0.25) is 0 Å². The molecule has 1 N–H and O–H groups in total. The van der Waals surface area contributed by atoms with E-state index in [1.807, 2.05) is 27.0 Å². The lowest BCUT2D eigenvalue weighted by atomic mass is 10.1. The minimum absolute atomic E-state index is 0.134. The second kappa shape index (κ2) is 4.99. The molecule has 1 aromatic rings. The molecule has 1 fully saturated rings. The van der Waals surface area contributed by atoms with Crippen LogP contribution in [0.2, 0.25) is 0 Å². The summed E-state index contributed by atoms with van der Waals surface area (Å²) in [4.78, 5) is 0. The highest BCUT2D eigenvalue weighted by Gasteiger charge is 2.33. The first-order valence-electron chi connectivity index (χ1n) is 6.39. The van der Waals surface area contributed by atoms with E-state index in [0.29, 0.717) is 12.6 Å². The van der Waals surface area contributed by atoms with Crippen LogP contribution in [0.1, 0.15) is 33.6 Å². The maximum absolute atomic E-state index is 9.29. The summed E-state index contributed by atoms with van der Waals surface area (Å²) in [6.45, 7) is 6.40. The highest BCUT2D eigenvalue weighted by Crippen LogP contribution is 2.23. The molecule has 5 nitrogen and oxygen atoms in total. The van der Waals surface area contributed by atoms with Crippen LogP contribution in [0.25, 0.3) is 0 Å². The van der Waals surface area contributed by atoms with Gasteiger partial charge < -0.3 is 4.74 Å². The topological polar surface area (TPSA) is 62.9 Å². The molecule has 0 radical (unpaired) electrons. The van der Waals surface area contributed by atoms with E-state index in [9.17, 15) is 5.26 Å². The average molecular weight is 248 g/mol. The Bertz CT molecular complexity index is 444. The lowest BCUT2D eigenvalue weighted by Crippen LogP contribution is -2.46. The predicted molar refractivity (Wildman–Crippen MR) is 68.2 cm³/mol. The van der Waals surface area contributed by atoms with Gasteiger partial charge in [-0.25, -0.2) is 0 Å². The molecule has 1 aliphatic rings. The number of ether oxygens (including phenoxy) is 1. The first-order chi connectivity index (χ1) is 8.50. The molecule has 18 heavy (non-hydrogen) atoms. The third-order valence-corrected chi connectivity index (χ3v) is 2.81. The molecule has 1 aliphatic carbocycles. The molecule has 0 saturated heterocycles. The number of hydrogen-bond donors (Lipinski definition) is 1. The maximum atomic E-state index is 9.29. The molecule has 1 saturated carbocycles. The highest BCUT2D eigenvalue weighted by molar-refractivity contribution is 5.14. The van der Waals surface area contributed by atoms with Crippen LogP contribution in [-0.4, -0.2) is 27.5 Å². The van der Waals surface area contributed by atoms with E-state index < -0.39 is 5.54 Å². The number of nitrogens with one attached hydrogen (secondary N) is 1. The fourth-order valence-electron chi connectivity index (χ4n) is 1.88. The number of aromatic nitrogens is 2. The number of hydrogen-bond acceptors (Lipinski definition) is 4. The van der Waals surface area contributed by atoms with Crippen molar-refractivity contribution in [2.75, 3.05) is 0 Å². The van der Waals surface area contributed by atoms with Crippen molar-refractivity contribution in [3.63, 3.8) is 0 Å². The van der Waals surface area contributed by atoms with Gasteiger partial charge in [-0.3, -0.25) is 10.00 Å². The quantitative estimate of drug-likeness (QED) is 0.832. The van der Waals surface area contributed by atoms with Gasteiger partial charge in [0.25, 0.3) is 0 Å². The monoisotopic (exact) mass is 248 g/mol. The zero-order chi connectivity index (χ0) is 13.2. The fourth-order valence-corrected chi connectivity index (χ4v) is 1.88. The summed E-state index contributed by atoms with van der Waals surface area (Å²) in [5, 5.41) is 16.9. The normalized spacial score (nSPS) is 18.4. The van der Waals surface area contributed by atoms with Gasteiger partial charge in [-0.15, -0.1) is 0 Å². The van der Waals surface area contributed by atoms with Crippen molar-refractivity contribution in [3.05, 3.63) is 12.4 Å². The Morgan fingerprint density at radius 1 is 1.67 bits per heavy atom. The summed E-state index contributed by atoms with van der Waals surface area (Å²) in [7, 11) is 0. The van der Waals surface area contributed by atoms with E-state index in [2.05, 4.69) is 16.5 Å². The van der Waals surface area contributed by atoms with Crippen molar-refractivity contribution in [1.82, 2.24) is 15.1 Å². The molecule has 1 unspecified atom stereocenters. The molecule has 1 heterocycles. The number of nitriles is 1. The number of rotatable bonds is 6. The molecule has 2 rings (SSSR count). The molecule has 1 aromatic heterocycles. The van der Waals surface area contributed by atoms with Gasteiger partial charge in [0, 0.05) is 6.04 Å². The lowest BCUT2D eigenvalue weighted by molar-refractivity contribution is 0.242. The van der Waals surface area contributed by atoms with Crippen LogP contribution in [0.4, 0.5) is 0 Å². The summed E-state index contributed by atoms with van der Waals surface area (Å²) in [6, 6.07) is 2.83. The number of nitrogens with zero attached hydrogens (tertiary/aromatic N) is 3. The first-order valence-corrected chi connectivity index (χ1v) is 6.39.